The SMILES string of the molecule is C/C=C\C=C/CC1N=CN(C(=O)/C=C(/CN(C)CC(C)(C)CCC=O)NC)N1C. The lowest BCUT2D eigenvalue weighted by atomic mass is 9.87. The standard InChI is InChI=1S/C22H37N5O2/c1-7-8-9-10-12-20-24-18-27(26(20)6)21(29)15-19(23-4)16-25(5)17-22(2,3)13-11-14-28/h7-10,14-15,18,20,23H,11-13,16-17H2,1-6H3/b8-7-,10-9-,19-15-. The van der Waals surface area contributed by atoms with E-state index in [-0.39, 0.29) is 17.5 Å². The smallest absolute Gasteiger partial charge is 0.268 e. The summed E-state index contributed by atoms with van der Waals surface area (Å²) in [6.07, 6.45) is 14.2. The van der Waals surface area contributed by atoms with E-state index in [1.165, 1.54) is 0 Å². The Labute approximate surface area is 175 Å². The fourth-order valence-corrected chi connectivity index (χ4v) is 3.30. The topological polar surface area (TPSA) is 68.2 Å². The van der Waals surface area contributed by atoms with E-state index < -0.39 is 0 Å². The minimum atomic E-state index is -0.130. The number of carbonyl (C=O) groups excluding carboxylic acids is 2. The molecule has 0 fully saturated rings. The molecule has 0 radical (unpaired) electrons. The van der Waals surface area contributed by atoms with E-state index in [1.807, 2.05) is 57.4 Å². The fourth-order valence-electron chi connectivity index (χ4n) is 3.30. The molecule has 1 aliphatic heterocycles. The number of nitrogens with zero attached hydrogens (tertiary/aromatic N) is 4. The summed E-state index contributed by atoms with van der Waals surface area (Å²) in [7, 11) is 5.71. The lowest BCUT2D eigenvalue weighted by Crippen LogP contribution is -2.42. The summed E-state index contributed by atoms with van der Waals surface area (Å²) < 4.78 is 0. The molecule has 0 saturated carbocycles. The van der Waals surface area contributed by atoms with Gasteiger partial charge in [-0.3, -0.25) is 9.79 Å². The van der Waals surface area contributed by atoms with Gasteiger partial charge in [0.25, 0.3) is 5.91 Å². The van der Waals surface area contributed by atoms with Crippen molar-refractivity contribution in [3.8, 4) is 0 Å². The summed E-state index contributed by atoms with van der Waals surface area (Å²) in [5.74, 6) is -0.130. The molecule has 29 heavy (non-hydrogen) atoms. The number of hydrazine groups is 1. The van der Waals surface area contributed by atoms with Crippen LogP contribution in [-0.4, -0.2) is 73.8 Å². The number of allylic oxidation sites excluding steroid dienone is 3. The predicted molar refractivity (Wildman–Crippen MR) is 119 cm³/mol. The van der Waals surface area contributed by atoms with Crippen LogP contribution in [0.4, 0.5) is 0 Å². The Balaban J connectivity index is 2.66. The second-order valence-corrected chi connectivity index (χ2v) is 8.15. The van der Waals surface area contributed by atoms with Gasteiger partial charge in [-0.15, -0.1) is 0 Å². The van der Waals surface area contributed by atoms with Crippen molar-refractivity contribution in [2.45, 2.75) is 46.2 Å². The molecule has 0 aromatic heterocycles. The van der Waals surface area contributed by atoms with Gasteiger partial charge >= 0.3 is 0 Å². The average Bonchev–Trinajstić information content (AvgIpc) is 3.03. The Morgan fingerprint density at radius 1 is 1.34 bits per heavy atom. The van der Waals surface area contributed by atoms with Gasteiger partial charge in [0.05, 0.1) is 0 Å². The van der Waals surface area contributed by atoms with E-state index >= 15 is 0 Å². The maximum Gasteiger partial charge on any atom is 0.268 e. The van der Waals surface area contributed by atoms with Crippen molar-refractivity contribution in [2.75, 3.05) is 34.2 Å². The molecule has 1 unspecified atom stereocenters. The molecule has 7 heteroatoms. The lowest BCUT2D eigenvalue weighted by Gasteiger charge is -2.30. The molecule has 1 heterocycles. The number of hydrogen-bond donors (Lipinski definition) is 1. The van der Waals surface area contributed by atoms with Crippen molar-refractivity contribution in [2.24, 2.45) is 10.4 Å². The summed E-state index contributed by atoms with van der Waals surface area (Å²) in [6, 6.07) is 0. The zero-order valence-corrected chi connectivity index (χ0v) is 18.8. The predicted octanol–water partition coefficient (Wildman–Crippen LogP) is 2.59. The van der Waals surface area contributed by atoms with Crippen LogP contribution in [0, 0.1) is 5.41 Å². The molecule has 0 aromatic rings. The number of likely N-dealkylation sites (N-methyl/N-ethyl adjacent to an activating group) is 2. The molecule has 0 saturated heterocycles. The van der Waals surface area contributed by atoms with Gasteiger partial charge in [0.2, 0.25) is 0 Å². The third-order valence-corrected chi connectivity index (χ3v) is 4.83. The highest BCUT2D eigenvalue weighted by Crippen LogP contribution is 2.23. The molecule has 1 N–H and O–H groups in total. The molecule has 7 nitrogen and oxygen atoms in total. The van der Waals surface area contributed by atoms with Gasteiger partial charge < -0.3 is 15.0 Å². The first-order valence-electron chi connectivity index (χ1n) is 10.1. The number of aliphatic imine (C=N–C) groups is 1. The number of aldehydes is 1. The second kappa shape index (κ2) is 12.3. The highest BCUT2D eigenvalue weighted by atomic mass is 16.2. The quantitative estimate of drug-likeness (QED) is 0.308. The zero-order valence-electron chi connectivity index (χ0n) is 18.8. The van der Waals surface area contributed by atoms with E-state index in [0.717, 1.165) is 31.4 Å². The maximum atomic E-state index is 12.7. The first-order chi connectivity index (χ1) is 13.7. The maximum absolute atomic E-state index is 12.7. The van der Waals surface area contributed by atoms with Crippen molar-refractivity contribution < 1.29 is 9.59 Å². The number of hydrogen-bond acceptors (Lipinski definition) is 6. The van der Waals surface area contributed by atoms with E-state index in [1.54, 1.807) is 17.4 Å². The Morgan fingerprint density at radius 2 is 2.07 bits per heavy atom. The van der Waals surface area contributed by atoms with E-state index in [9.17, 15) is 9.59 Å². The van der Waals surface area contributed by atoms with Crippen LogP contribution in [0.25, 0.3) is 0 Å². The lowest BCUT2D eigenvalue weighted by molar-refractivity contribution is -0.132. The van der Waals surface area contributed by atoms with Crippen LogP contribution < -0.4 is 5.32 Å². The first kappa shape index (κ1) is 24.8. The van der Waals surface area contributed by atoms with Crippen LogP contribution in [0.3, 0.4) is 0 Å². The van der Waals surface area contributed by atoms with Crippen LogP contribution in [0.1, 0.15) is 40.0 Å². The van der Waals surface area contributed by atoms with Gasteiger partial charge in [0.1, 0.15) is 18.8 Å². The Morgan fingerprint density at radius 3 is 2.69 bits per heavy atom. The summed E-state index contributed by atoms with van der Waals surface area (Å²) in [4.78, 5) is 30.0. The third kappa shape index (κ3) is 8.75. The molecule has 162 valence electrons. The molecule has 1 amide bonds. The van der Waals surface area contributed by atoms with Gasteiger partial charge in [-0.2, -0.15) is 5.01 Å². The van der Waals surface area contributed by atoms with Crippen LogP contribution >= 0.6 is 0 Å². The summed E-state index contributed by atoms with van der Waals surface area (Å²) in [6.45, 7) is 7.74. The average molecular weight is 404 g/mol. The van der Waals surface area contributed by atoms with E-state index in [2.05, 4.69) is 29.1 Å². The number of nitrogens with one attached hydrogen (secondary N) is 1. The van der Waals surface area contributed by atoms with Gasteiger partial charge in [0, 0.05) is 51.8 Å². The summed E-state index contributed by atoms with van der Waals surface area (Å²) >= 11 is 0. The van der Waals surface area contributed by atoms with Gasteiger partial charge in [0.15, 0.2) is 0 Å². The normalized spacial score (nSPS) is 18.5. The Hall–Kier alpha value is -2.25. The fraction of sp³-hybridized carbons (Fsp3) is 0.591. The molecule has 0 aromatic carbocycles. The van der Waals surface area contributed by atoms with Gasteiger partial charge in [-0.1, -0.05) is 38.2 Å². The van der Waals surface area contributed by atoms with E-state index in [4.69, 9.17) is 0 Å². The van der Waals surface area contributed by atoms with Crippen molar-refractivity contribution in [1.82, 2.24) is 20.2 Å². The number of carbonyl (C=O) groups is 2. The molecule has 0 aliphatic carbocycles. The summed E-state index contributed by atoms with van der Waals surface area (Å²) in [5, 5.41) is 6.51. The van der Waals surface area contributed by atoms with Crippen molar-refractivity contribution >= 4 is 18.5 Å². The van der Waals surface area contributed by atoms with Crippen molar-refractivity contribution in [3.63, 3.8) is 0 Å². The molecular formula is C22H37N5O2. The van der Waals surface area contributed by atoms with Crippen LogP contribution in [-0.2, 0) is 9.59 Å². The molecule has 1 atom stereocenters. The Bertz CT molecular complexity index is 652. The van der Waals surface area contributed by atoms with Crippen molar-refractivity contribution in [1.29, 1.82) is 0 Å². The number of amides is 1. The highest BCUT2D eigenvalue weighted by Gasteiger charge is 2.27. The van der Waals surface area contributed by atoms with E-state index in [0.29, 0.717) is 13.0 Å². The highest BCUT2D eigenvalue weighted by molar-refractivity contribution is 5.96. The van der Waals surface area contributed by atoms with Crippen LogP contribution in [0.5, 0.6) is 0 Å². The van der Waals surface area contributed by atoms with Gasteiger partial charge in [-0.05, 0) is 25.8 Å². The molecule has 0 bridgehead atoms. The zero-order chi connectivity index (χ0) is 21.9. The monoisotopic (exact) mass is 403 g/mol. The Kier molecular flexibility index (Phi) is 10.5. The largest absolute Gasteiger partial charge is 0.390 e. The molecular weight excluding hydrogens is 366 g/mol. The van der Waals surface area contributed by atoms with Gasteiger partial charge in [-0.25, -0.2) is 5.01 Å². The summed E-state index contributed by atoms with van der Waals surface area (Å²) in [5.41, 5.74) is 0.871. The minimum absolute atomic E-state index is 0.0358. The third-order valence-electron chi connectivity index (χ3n) is 4.83. The number of rotatable bonds is 12. The van der Waals surface area contributed by atoms with Crippen LogP contribution in [0.15, 0.2) is 41.1 Å². The molecule has 1 rings (SSSR count). The van der Waals surface area contributed by atoms with Crippen LogP contribution in [0.2, 0.25) is 0 Å². The second-order valence-electron chi connectivity index (χ2n) is 8.15. The minimum Gasteiger partial charge on any atom is -0.390 e. The first-order valence-corrected chi connectivity index (χ1v) is 10.1. The molecule has 0 spiro atoms. The van der Waals surface area contributed by atoms with Crippen molar-refractivity contribution in [3.05, 3.63) is 36.1 Å². The molecule has 1 aliphatic rings.